The monoisotopic (exact) mass is 345 g/mol. The fourth-order valence-corrected chi connectivity index (χ4v) is 2.32. The number of alkyl halides is 3. The topological polar surface area (TPSA) is 50.9 Å². The predicted molar refractivity (Wildman–Crippen MR) is 72.5 cm³/mol. The quantitative estimate of drug-likeness (QED) is 0.662. The third-order valence-electron chi connectivity index (χ3n) is 2.77. The minimum atomic E-state index is -4.39. The Balaban J connectivity index is 2.46. The van der Waals surface area contributed by atoms with Crippen LogP contribution in [-0.2, 0) is 6.18 Å². The normalized spacial score (nSPS) is 13.2. The maximum Gasteiger partial charge on any atom is 0.416 e. The summed E-state index contributed by atoms with van der Waals surface area (Å²) in [6.07, 6.45) is -2.84. The lowest BCUT2D eigenvalue weighted by molar-refractivity contribution is -0.137. The first-order chi connectivity index (χ1) is 9.43. The van der Waals surface area contributed by atoms with Crippen LogP contribution in [0.25, 0.3) is 0 Å². The lowest BCUT2D eigenvalue weighted by Gasteiger charge is -2.18. The maximum atomic E-state index is 12.7. The fraction of sp³-hybridized carbons (Fsp3) is 0.154. The first-order valence-electron chi connectivity index (χ1n) is 5.67. The molecule has 0 saturated carbocycles. The Morgan fingerprint density at radius 3 is 2.55 bits per heavy atom. The number of nitrogens with one attached hydrogen (secondary N) is 1. The van der Waals surface area contributed by atoms with E-state index in [2.05, 4.69) is 26.3 Å². The molecule has 1 aromatic carbocycles. The van der Waals surface area contributed by atoms with Crippen LogP contribution >= 0.6 is 15.9 Å². The van der Waals surface area contributed by atoms with Crippen molar-refractivity contribution >= 4 is 15.9 Å². The Kier molecular flexibility index (Phi) is 4.42. The van der Waals surface area contributed by atoms with Gasteiger partial charge < -0.3 is 0 Å². The van der Waals surface area contributed by atoms with E-state index in [0.29, 0.717) is 15.7 Å². The van der Waals surface area contributed by atoms with Gasteiger partial charge in [0, 0.05) is 10.7 Å². The van der Waals surface area contributed by atoms with Gasteiger partial charge in [-0.3, -0.25) is 10.8 Å². The highest BCUT2D eigenvalue weighted by atomic mass is 79.9. The zero-order chi connectivity index (χ0) is 14.8. The van der Waals surface area contributed by atoms with Crippen molar-refractivity contribution in [3.05, 3.63) is 63.9 Å². The van der Waals surface area contributed by atoms with Crippen molar-refractivity contribution in [2.24, 2.45) is 5.84 Å². The van der Waals surface area contributed by atoms with Crippen molar-refractivity contribution in [2.75, 3.05) is 0 Å². The maximum absolute atomic E-state index is 12.7. The van der Waals surface area contributed by atoms with Gasteiger partial charge in [0.25, 0.3) is 0 Å². The zero-order valence-electron chi connectivity index (χ0n) is 10.2. The van der Waals surface area contributed by atoms with E-state index < -0.39 is 17.8 Å². The Morgan fingerprint density at radius 1 is 1.20 bits per heavy atom. The summed E-state index contributed by atoms with van der Waals surface area (Å²) in [5, 5.41) is 0. The number of hydrogen-bond donors (Lipinski definition) is 2. The molecule has 0 radical (unpaired) electrons. The first kappa shape index (κ1) is 15.0. The molecule has 0 bridgehead atoms. The van der Waals surface area contributed by atoms with E-state index in [0.717, 1.165) is 12.1 Å². The Morgan fingerprint density at radius 2 is 1.95 bits per heavy atom. The highest BCUT2D eigenvalue weighted by Crippen LogP contribution is 2.32. The van der Waals surface area contributed by atoms with Gasteiger partial charge in [-0.05, 0) is 45.8 Å². The van der Waals surface area contributed by atoms with E-state index >= 15 is 0 Å². The van der Waals surface area contributed by atoms with E-state index in [1.165, 1.54) is 6.07 Å². The average molecular weight is 346 g/mol. The van der Waals surface area contributed by atoms with Crippen molar-refractivity contribution in [2.45, 2.75) is 12.2 Å². The van der Waals surface area contributed by atoms with Crippen LogP contribution in [0.1, 0.15) is 22.9 Å². The molecule has 106 valence electrons. The molecule has 1 unspecified atom stereocenters. The number of benzene rings is 1. The van der Waals surface area contributed by atoms with Crippen LogP contribution < -0.4 is 11.3 Å². The Hall–Kier alpha value is -1.44. The number of hydrogen-bond acceptors (Lipinski definition) is 3. The van der Waals surface area contributed by atoms with E-state index in [-0.39, 0.29) is 0 Å². The van der Waals surface area contributed by atoms with Crippen molar-refractivity contribution in [3.63, 3.8) is 0 Å². The van der Waals surface area contributed by atoms with Gasteiger partial charge in [0.05, 0.1) is 17.3 Å². The minimum absolute atomic E-state index is 0.390. The largest absolute Gasteiger partial charge is 0.416 e. The molecule has 2 aromatic rings. The third kappa shape index (κ3) is 3.17. The predicted octanol–water partition coefficient (Wildman–Crippen LogP) is 3.42. The molecule has 1 heterocycles. The molecule has 2 rings (SSSR count). The molecular weight excluding hydrogens is 335 g/mol. The molecule has 1 aromatic heterocycles. The second-order valence-electron chi connectivity index (χ2n) is 4.09. The molecule has 0 aliphatic heterocycles. The van der Waals surface area contributed by atoms with E-state index in [9.17, 15) is 13.2 Å². The van der Waals surface area contributed by atoms with Gasteiger partial charge in [-0.25, -0.2) is 5.43 Å². The average Bonchev–Trinajstić information content (AvgIpc) is 2.41. The summed E-state index contributed by atoms with van der Waals surface area (Å²) < 4.78 is 38.9. The van der Waals surface area contributed by atoms with Crippen LogP contribution in [0.5, 0.6) is 0 Å². The number of halogens is 4. The smallest absolute Gasteiger partial charge is 0.271 e. The number of nitrogens with two attached hydrogens (primary N) is 1. The molecular formula is C13H11BrF3N3. The number of hydrazine groups is 1. The first-order valence-corrected chi connectivity index (χ1v) is 6.46. The molecule has 20 heavy (non-hydrogen) atoms. The number of pyridine rings is 1. The second-order valence-corrected chi connectivity index (χ2v) is 4.95. The van der Waals surface area contributed by atoms with Crippen molar-refractivity contribution in [1.82, 2.24) is 10.4 Å². The van der Waals surface area contributed by atoms with Crippen LogP contribution in [0.3, 0.4) is 0 Å². The van der Waals surface area contributed by atoms with Gasteiger partial charge in [-0.15, -0.1) is 0 Å². The molecule has 0 fully saturated rings. The lowest BCUT2D eigenvalue weighted by atomic mass is 10.0. The molecule has 0 aliphatic rings. The molecule has 0 aliphatic carbocycles. The van der Waals surface area contributed by atoms with Gasteiger partial charge >= 0.3 is 6.18 Å². The summed E-state index contributed by atoms with van der Waals surface area (Å²) in [5.74, 6) is 5.47. The second kappa shape index (κ2) is 5.90. The van der Waals surface area contributed by atoms with Gasteiger partial charge in [0.1, 0.15) is 0 Å². The molecule has 0 spiro atoms. The van der Waals surface area contributed by atoms with Crippen LogP contribution in [0.15, 0.2) is 47.1 Å². The van der Waals surface area contributed by atoms with Gasteiger partial charge in [-0.1, -0.05) is 12.1 Å². The highest BCUT2D eigenvalue weighted by molar-refractivity contribution is 9.10. The molecule has 3 nitrogen and oxygen atoms in total. The SMILES string of the molecule is NNC(c1cccc(C(F)(F)F)c1)c1ncccc1Br. The molecule has 7 heteroatoms. The Labute approximate surface area is 122 Å². The fourth-order valence-electron chi connectivity index (χ4n) is 1.84. The molecule has 0 saturated heterocycles. The van der Waals surface area contributed by atoms with E-state index in [4.69, 9.17) is 5.84 Å². The van der Waals surface area contributed by atoms with Gasteiger partial charge in [0.15, 0.2) is 0 Å². The van der Waals surface area contributed by atoms with Crippen molar-refractivity contribution in [3.8, 4) is 0 Å². The summed E-state index contributed by atoms with van der Waals surface area (Å²) in [4.78, 5) is 4.15. The molecule has 3 N–H and O–H groups in total. The van der Waals surface area contributed by atoms with E-state index in [1.54, 1.807) is 24.4 Å². The van der Waals surface area contributed by atoms with Gasteiger partial charge in [0.2, 0.25) is 0 Å². The zero-order valence-corrected chi connectivity index (χ0v) is 11.7. The van der Waals surface area contributed by atoms with Crippen LogP contribution in [0.4, 0.5) is 13.2 Å². The highest BCUT2D eigenvalue weighted by Gasteiger charge is 2.31. The number of nitrogens with zero attached hydrogens (tertiary/aromatic N) is 1. The minimum Gasteiger partial charge on any atom is -0.271 e. The molecule has 1 atom stereocenters. The molecule has 0 amide bonds. The summed E-state index contributed by atoms with van der Waals surface area (Å²) >= 11 is 3.31. The number of rotatable bonds is 3. The van der Waals surface area contributed by atoms with Crippen LogP contribution in [0.2, 0.25) is 0 Å². The van der Waals surface area contributed by atoms with Crippen LogP contribution in [-0.4, -0.2) is 4.98 Å². The summed E-state index contributed by atoms with van der Waals surface area (Å²) in [6.45, 7) is 0. The van der Waals surface area contributed by atoms with Crippen molar-refractivity contribution in [1.29, 1.82) is 0 Å². The third-order valence-corrected chi connectivity index (χ3v) is 3.44. The standard InChI is InChI=1S/C13H11BrF3N3/c14-10-5-2-6-19-12(10)11(20-18)8-3-1-4-9(7-8)13(15,16)17/h1-7,11,20H,18H2. The van der Waals surface area contributed by atoms with Crippen molar-refractivity contribution < 1.29 is 13.2 Å². The van der Waals surface area contributed by atoms with Gasteiger partial charge in [-0.2, -0.15) is 13.2 Å². The van der Waals surface area contributed by atoms with Crippen LogP contribution in [0, 0.1) is 0 Å². The lowest BCUT2D eigenvalue weighted by Crippen LogP contribution is -2.30. The Bertz CT molecular complexity index is 601. The summed E-state index contributed by atoms with van der Waals surface area (Å²) in [5.41, 5.74) is 2.69. The van der Waals surface area contributed by atoms with E-state index in [1.807, 2.05) is 0 Å². The summed E-state index contributed by atoms with van der Waals surface area (Å²) in [6, 6.07) is 7.83. The summed E-state index contributed by atoms with van der Waals surface area (Å²) in [7, 11) is 0. The number of aromatic nitrogens is 1.